The van der Waals surface area contributed by atoms with Gasteiger partial charge in [0.15, 0.2) is 0 Å². The Labute approximate surface area is 157 Å². The van der Waals surface area contributed by atoms with E-state index in [1.165, 1.54) is 16.7 Å². The van der Waals surface area contributed by atoms with Crippen molar-refractivity contribution in [2.24, 2.45) is 0 Å². The van der Waals surface area contributed by atoms with Gasteiger partial charge in [-0.1, -0.05) is 0 Å². The fourth-order valence-electron chi connectivity index (χ4n) is 2.40. The van der Waals surface area contributed by atoms with Crippen molar-refractivity contribution in [2.75, 3.05) is 0 Å². The standard InChI is InChI=1S/C16H9AsClF4N4/c18-9-3-14(26-11(6-23)8-25-15(26)4-9)17-5-12(16(20,21)22)13-2-1-10(19)7-24-13/h1-4,7-8,12H,5H2. The fraction of sp³-hybridized carbons (Fsp3) is 0.188. The van der Waals surface area contributed by atoms with Crippen LogP contribution in [-0.4, -0.2) is 36.3 Å². The van der Waals surface area contributed by atoms with Crippen LogP contribution in [0, 0.1) is 17.1 Å². The molecule has 10 heteroatoms. The third-order valence-electron chi connectivity index (χ3n) is 3.60. The summed E-state index contributed by atoms with van der Waals surface area (Å²) >= 11 is 5.00. The Bertz CT molecular complexity index is 979. The molecule has 0 aliphatic carbocycles. The maximum atomic E-state index is 13.5. The van der Waals surface area contributed by atoms with Crippen molar-refractivity contribution < 1.29 is 17.6 Å². The molecule has 1 radical (unpaired) electrons. The van der Waals surface area contributed by atoms with Crippen LogP contribution in [0.2, 0.25) is 10.2 Å². The number of hydrogen-bond acceptors (Lipinski definition) is 3. The van der Waals surface area contributed by atoms with E-state index in [0.717, 1.165) is 18.3 Å². The molecule has 0 N–H and O–H groups in total. The molecule has 1 unspecified atom stereocenters. The molecule has 0 aliphatic heterocycles. The van der Waals surface area contributed by atoms with Gasteiger partial charge in [-0.25, -0.2) is 0 Å². The minimum atomic E-state index is -4.52. The number of nitriles is 1. The molecule has 133 valence electrons. The Kier molecular flexibility index (Phi) is 5.21. The minimum absolute atomic E-state index is 0.227. The average molecular weight is 444 g/mol. The summed E-state index contributed by atoms with van der Waals surface area (Å²) in [6.07, 6.45) is -2.41. The number of fused-ring (bicyclic) bond motifs is 1. The van der Waals surface area contributed by atoms with Crippen LogP contribution in [0.1, 0.15) is 17.3 Å². The molecule has 0 spiro atoms. The molecule has 0 fully saturated rings. The van der Waals surface area contributed by atoms with Crippen LogP contribution in [0.15, 0.2) is 36.7 Å². The third-order valence-corrected chi connectivity index (χ3v) is 6.34. The SMILES string of the molecule is N#Cc1cnc2cc(Cl)cc([As]CC(c3ccc(F)cn3)C(F)(F)F)n12. The average Bonchev–Trinajstić information content (AvgIpc) is 2.98. The zero-order valence-corrected chi connectivity index (χ0v) is 15.5. The van der Waals surface area contributed by atoms with Gasteiger partial charge in [-0.2, -0.15) is 0 Å². The monoisotopic (exact) mass is 443 g/mol. The molecular weight excluding hydrogens is 435 g/mol. The van der Waals surface area contributed by atoms with E-state index in [9.17, 15) is 22.8 Å². The predicted molar refractivity (Wildman–Crippen MR) is 88.1 cm³/mol. The number of hydrogen-bond donors (Lipinski definition) is 0. The molecule has 3 aromatic rings. The van der Waals surface area contributed by atoms with Crippen LogP contribution in [0.5, 0.6) is 0 Å². The molecule has 0 saturated carbocycles. The van der Waals surface area contributed by atoms with Gasteiger partial charge in [0.2, 0.25) is 0 Å². The fourth-order valence-corrected chi connectivity index (χ4v) is 5.59. The van der Waals surface area contributed by atoms with Gasteiger partial charge in [0, 0.05) is 0 Å². The number of alkyl halides is 3. The first-order chi connectivity index (χ1) is 12.3. The molecule has 3 aromatic heterocycles. The van der Waals surface area contributed by atoms with E-state index in [2.05, 4.69) is 9.97 Å². The van der Waals surface area contributed by atoms with Crippen molar-refractivity contribution in [1.82, 2.24) is 14.4 Å². The molecule has 0 amide bonds. The summed E-state index contributed by atoms with van der Waals surface area (Å²) in [5, 5.41) is 9.27. The summed E-state index contributed by atoms with van der Waals surface area (Å²) in [7, 11) is 0. The summed E-state index contributed by atoms with van der Waals surface area (Å²) in [4.78, 5) is 7.63. The number of rotatable bonds is 4. The van der Waals surface area contributed by atoms with Crippen LogP contribution < -0.4 is 4.48 Å². The summed E-state index contributed by atoms with van der Waals surface area (Å²) in [5.74, 6) is -2.53. The maximum absolute atomic E-state index is 13.5. The molecule has 0 aliphatic rings. The van der Waals surface area contributed by atoms with Gasteiger partial charge >= 0.3 is 157 Å². The zero-order valence-electron chi connectivity index (χ0n) is 12.9. The molecule has 0 saturated heterocycles. The van der Waals surface area contributed by atoms with Gasteiger partial charge in [-0.15, -0.1) is 0 Å². The van der Waals surface area contributed by atoms with Crippen LogP contribution in [-0.2, 0) is 0 Å². The van der Waals surface area contributed by atoms with E-state index in [0.29, 0.717) is 15.2 Å². The van der Waals surface area contributed by atoms with Crippen molar-refractivity contribution >= 4 is 37.5 Å². The first-order valence-electron chi connectivity index (χ1n) is 7.22. The summed E-state index contributed by atoms with van der Waals surface area (Å²) in [5.41, 5.74) is 0.395. The number of nitrogens with zero attached hydrogens (tertiary/aromatic N) is 4. The van der Waals surface area contributed by atoms with Crippen LogP contribution in [0.4, 0.5) is 17.6 Å². The topological polar surface area (TPSA) is 54.0 Å². The van der Waals surface area contributed by atoms with E-state index < -0.39 is 33.7 Å². The summed E-state index contributed by atoms with van der Waals surface area (Å²) in [6.45, 7) is 0. The van der Waals surface area contributed by atoms with Gasteiger partial charge in [0.25, 0.3) is 0 Å². The predicted octanol–water partition coefficient (Wildman–Crippen LogP) is 3.49. The normalized spacial score (nSPS) is 13.4. The molecule has 1 atom stereocenters. The van der Waals surface area contributed by atoms with E-state index in [1.807, 2.05) is 6.07 Å². The van der Waals surface area contributed by atoms with Crippen LogP contribution >= 0.6 is 11.6 Å². The van der Waals surface area contributed by atoms with Gasteiger partial charge < -0.3 is 0 Å². The Morgan fingerprint density at radius 2 is 2.00 bits per heavy atom. The van der Waals surface area contributed by atoms with Crippen LogP contribution in [0.3, 0.4) is 0 Å². The number of halogens is 5. The summed E-state index contributed by atoms with van der Waals surface area (Å²) < 4.78 is 55.4. The molecule has 3 heterocycles. The van der Waals surface area contributed by atoms with Gasteiger partial charge in [0.1, 0.15) is 0 Å². The van der Waals surface area contributed by atoms with Crippen molar-refractivity contribution in [3.05, 3.63) is 58.9 Å². The first kappa shape index (κ1) is 18.7. The van der Waals surface area contributed by atoms with Crippen LogP contribution in [0.25, 0.3) is 5.65 Å². The number of pyridine rings is 2. The van der Waals surface area contributed by atoms with Crippen molar-refractivity contribution in [3.63, 3.8) is 0 Å². The van der Waals surface area contributed by atoms with Crippen molar-refractivity contribution in [3.8, 4) is 6.07 Å². The third kappa shape index (κ3) is 3.84. The Balaban J connectivity index is 1.95. The second-order valence-electron chi connectivity index (χ2n) is 5.32. The quantitative estimate of drug-likeness (QED) is 0.458. The van der Waals surface area contributed by atoms with E-state index in [4.69, 9.17) is 11.6 Å². The van der Waals surface area contributed by atoms with Gasteiger partial charge in [0.05, 0.1) is 0 Å². The molecule has 26 heavy (non-hydrogen) atoms. The Morgan fingerprint density at radius 1 is 1.23 bits per heavy atom. The Hall–Kier alpha value is -2.10. The summed E-state index contributed by atoms with van der Waals surface area (Å²) in [6, 6.07) is 7.04. The molecule has 0 aromatic carbocycles. The number of imidazole rings is 1. The van der Waals surface area contributed by atoms with E-state index in [-0.39, 0.29) is 16.6 Å². The number of aromatic nitrogens is 3. The first-order valence-corrected chi connectivity index (χ1v) is 9.86. The Morgan fingerprint density at radius 3 is 2.62 bits per heavy atom. The molecule has 4 nitrogen and oxygen atoms in total. The zero-order chi connectivity index (χ0) is 18.9. The van der Waals surface area contributed by atoms with Crippen molar-refractivity contribution in [1.29, 1.82) is 5.26 Å². The van der Waals surface area contributed by atoms with Gasteiger partial charge in [-0.3, -0.25) is 0 Å². The van der Waals surface area contributed by atoms with E-state index in [1.54, 1.807) is 6.07 Å². The molecule has 0 bridgehead atoms. The molecular formula is C16H9AsClF4N4. The second kappa shape index (κ2) is 7.26. The van der Waals surface area contributed by atoms with E-state index >= 15 is 0 Å². The molecule has 3 rings (SSSR count). The van der Waals surface area contributed by atoms with Crippen molar-refractivity contribution in [2.45, 2.75) is 17.3 Å². The van der Waals surface area contributed by atoms with Gasteiger partial charge in [-0.05, 0) is 0 Å². The second-order valence-corrected chi connectivity index (χ2v) is 8.14.